The van der Waals surface area contributed by atoms with Crippen LogP contribution in [0.15, 0.2) is 0 Å². The molecular weight excluding hydrogens is 176 g/mol. The van der Waals surface area contributed by atoms with Gasteiger partial charge < -0.3 is 19.0 Å². The van der Waals surface area contributed by atoms with Crippen molar-refractivity contribution >= 4 is 8.80 Å². The van der Waals surface area contributed by atoms with Gasteiger partial charge in [0.25, 0.3) is 0 Å². The second kappa shape index (κ2) is 6.52. The standard InChI is InChI=1S/C6H18N2O3Si/c1-9-12(3,10-2)11-6-8-5-4-7/h8H,4-7H2,1-3H3. The van der Waals surface area contributed by atoms with Crippen molar-refractivity contribution in [3.05, 3.63) is 0 Å². The van der Waals surface area contributed by atoms with E-state index in [1.807, 2.05) is 6.55 Å². The van der Waals surface area contributed by atoms with E-state index in [1.54, 1.807) is 14.2 Å². The van der Waals surface area contributed by atoms with E-state index in [-0.39, 0.29) is 0 Å². The highest BCUT2D eigenvalue weighted by Crippen LogP contribution is 2.04. The monoisotopic (exact) mass is 194 g/mol. The van der Waals surface area contributed by atoms with Crippen molar-refractivity contribution in [3.8, 4) is 0 Å². The molecule has 0 rings (SSSR count). The van der Waals surface area contributed by atoms with Crippen molar-refractivity contribution in [2.45, 2.75) is 6.55 Å². The minimum absolute atomic E-state index is 0.418. The zero-order valence-corrected chi connectivity index (χ0v) is 8.92. The summed E-state index contributed by atoms with van der Waals surface area (Å²) < 4.78 is 15.5. The molecule has 0 aliphatic heterocycles. The molecule has 0 heterocycles. The first-order valence-electron chi connectivity index (χ1n) is 3.83. The maximum absolute atomic E-state index is 5.36. The lowest BCUT2D eigenvalue weighted by Gasteiger charge is -2.21. The molecule has 74 valence electrons. The molecule has 0 radical (unpaired) electrons. The van der Waals surface area contributed by atoms with E-state index in [9.17, 15) is 0 Å². The summed E-state index contributed by atoms with van der Waals surface area (Å²) in [7, 11) is 0.813. The molecule has 0 saturated heterocycles. The van der Waals surface area contributed by atoms with Crippen LogP contribution in [0.4, 0.5) is 0 Å². The van der Waals surface area contributed by atoms with Gasteiger partial charge in [0, 0.05) is 33.9 Å². The maximum atomic E-state index is 5.36. The molecule has 0 aliphatic rings. The molecule has 3 N–H and O–H groups in total. The van der Waals surface area contributed by atoms with E-state index in [2.05, 4.69) is 5.32 Å². The van der Waals surface area contributed by atoms with Gasteiger partial charge >= 0.3 is 8.80 Å². The summed E-state index contributed by atoms with van der Waals surface area (Å²) in [6.45, 7) is 3.58. The topological polar surface area (TPSA) is 65.7 Å². The van der Waals surface area contributed by atoms with E-state index >= 15 is 0 Å². The summed E-state index contributed by atoms with van der Waals surface area (Å²) in [5.41, 5.74) is 5.27. The van der Waals surface area contributed by atoms with Gasteiger partial charge in [0.05, 0.1) is 6.73 Å². The van der Waals surface area contributed by atoms with Crippen molar-refractivity contribution in [2.75, 3.05) is 34.0 Å². The van der Waals surface area contributed by atoms with Gasteiger partial charge in [-0.15, -0.1) is 0 Å². The SMILES string of the molecule is CO[Si](C)(OC)OCNCCN. The molecule has 0 atom stereocenters. The Balaban J connectivity index is 3.45. The first kappa shape index (κ1) is 12.0. The maximum Gasteiger partial charge on any atom is 0.498 e. The molecule has 0 amide bonds. The van der Waals surface area contributed by atoms with Crippen LogP contribution >= 0.6 is 0 Å². The fourth-order valence-corrected chi connectivity index (χ4v) is 1.32. The van der Waals surface area contributed by atoms with Gasteiger partial charge in [-0.05, 0) is 0 Å². The first-order valence-corrected chi connectivity index (χ1v) is 6.06. The Kier molecular flexibility index (Phi) is 6.53. The highest BCUT2D eigenvalue weighted by molar-refractivity contribution is 6.59. The molecule has 0 aromatic heterocycles. The molecule has 0 fully saturated rings. The van der Waals surface area contributed by atoms with Crippen LogP contribution < -0.4 is 11.1 Å². The van der Waals surface area contributed by atoms with Gasteiger partial charge in [-0.3, -0.25) is 5.32 Å². The quantitative estimate of drug-likeness (QED) is 0.321. The van der Waals surface area contributed by atoms with E-state index in [0.717, 1.165) is 6.54 Å². The van der Waals surface area contributed by atoms with Crippen LogP contribution in [0.2, 0.25) is 6.55 Å². The molecule has 5 nitrogen and oxygen atoms in total. The van der Waals surface area contributed by atoms with Crippen molar-refractivity contribution < 1.29 is 13.3 Å². The average molecular weight is 194 g/mol. The van der Waals surface area contributed by atoms with Crippen LogP contribution in [0.1, 0.15) is 0 Å². The summed E-state index contributed by atoms with van der Waals surface area (Å²) in [5.74, 6) is 0. The van der Waals surface area contributed by atoms with Crippen LogP contribution in [-0.2, 0) is 13.3 Å². The van der Waals surface area contributed by atoms with Crippen LogP contribution in [0.25, 0.3) is 0 Å². The van der Waals surface area contributed by atoms with Gasteiger partial charge in [0.15, 0.2) is 0 Å². The van der Waals surface area contributed by atoms with Crippen LogP contribution in [0.3, 0.4) is 0 Å². The molecule has 0 spiro atoms. The Hall–Kier alpha value is 0.0169. The van der Waals surface area contributed by atoms with Gasteiger partial charge in [-0.1, -0.05) is 0 Å². The zero-order chi connectivity index (χ0) is 9.45. The van der Waals surface area contributed by atoms with Gasteiger partial charge in [0.2, 0.25) is 0 Å². The highest BCUT2D eigenvalue weighted by Gasteiger charge is 2.31. The fourth-order valence-electron chi connectivity index (χ4n) is 0.558. The Bertz CT molecular complexity index is 111. The molecule has 0 aromatic carbocycles. The lowest BCUT2D eigenvalue weighted by molar-refractivity contribution is 0.0976. The van der Waals surface area contributed by atoms with E-state index in [0.29, 0.717) is 13.3 Å². The van der Waals surface area contributed by atoms with Crippen molar-refractivity contribution in [1.82, 2.24) is 5.32 Å². The highest BCUT2D eigenvalue weighted by atomic mass is 28.4. The van der Waals surface area contributed by atoms with Gasteiger partial charge in [0.1, 0.15) is 0 Å². The third-order valence-electron chi connectivity index (χ3n) is 1.50. The molecule has 12 heavy (non-hydrogen) atoms. The second-order valence-corrected chi connectivity index (χ2v) is 5.18. The molecule has 0 saturated carbocycles. The third-order valence-corrected chi connectivity index (χ3v) is 3.65. The van der Waals surface area contributed by atoms with E-state index in [4.69, 9.17) is 19.0 Å². The number of rotatable bonds is 7. The summed E-state index contributed by atoms with van der Waals surface area (Å²) in [6.07, 6.45) is 0. The smallest absolute Gasteiger partial charge is 0.377 e. The fraction of sp³-hybridized carbons (Fsp3) is 1.00. The van der Waals surface area contributed by atoms with E-state index in [1.165, 1.54) is 0 Å². The minimum Gasteiger partial charge on any atom is -0.377 e. The van der Waals surface area contributed by atoms with Crippen LogP contribution in [0.5, 0.6) is 0 Å². The van der Waals surface area contributed by atoms with Gasteiger partial charge in [-0.2, -0.15) is 0 Å². The van der Waals surface area contributed by atoms with Gasteiger partial charge in [-0.25, -0.2) is 0 Å². The third kappa shape index (κ3) is 4.81. The molecular formula is C6H18N2O3Si. The average Bonchev–Trinajstić information content (AvgIpc) is 2.12. The number of hydrogen-bond donors (Lipinski definition) is 2. The Morgan fingerprint density at radius 2 is 1.92 bits per heavy atom. The summed E-state index contributed by atoms with van der Waals surface area (Å²) >= 11 is 0. The van der Waals surface area contributed by atoms with Crippen LogP contribution in [0, 0.1) is 0 Å². The first-order chi connectivity index (χ1) is 5.68. The van der Waals surface area contributed by atoms with E-state index < -0.39 is 8.80 Å². The summed E-state index contributed by atoms with van der Waals surface area (Å²) in [6, 6.07) is 0. The molecule has 0 unspecified atom stereocenters. The Labute approximate surface area is 74.5 Å². The number of hydrogen-bond acceptors (Lipinski definition) is 5. The predicted molar refractivity (Wildman–Crippen MR) is 48.6 cm³/mol. The predicted octanol–water partition coefficient (Wildman–Crippen LogP) is -0.630. The lowest BCUT2D eigenvalue weighted by Crippen LogP contribution is -2.43. The Morgan fingerprint density at radius 1 is 1.33 bits per heavy atom. The Morgan fingerprint density at radius 3 is 2.33 bits per heavy atom. The second-order valence-electron chi connectivity index (χ2n) is 2.35. The summed E-state index contributed by atoms with van der Waals surface area (Å²) in [4.78, 5) is 0. The zero-order valence-electron chi connectivity index (χ0n) is 7.92. The normalized spacial score (nSPS) is 12.0. The van der Waals surface area contributed by atoms with Crippen LogP contribution in [-0.4, -0.2) is 42.8 Å². The molecule has 0 aliphatic carbocycles. The lowest BCUT2D eigenvalue weighted by atomic mass is 10.7. The van der Waals surface area contributed by atoms with Crippen molar-refractivity contribution in [1.29, 1.82) is 0 Å². The number of nitrogens with one attached hydrogen (secondary N) is 1. The molecule has 6 heteroatoms. The summed E-state index contributed by atoms with van der Waals surface area (Å²) in [5, 5.41) is 2.99. The minimum atomic E-state index is -2.35. The van der Waals surface area contributed by atoms with Crippen molar-refractivity contribution in [2.24, 2.45) is 5.73 Å². The largest absolute Gasteiger partial charge is 0.498 e. The number of nitrogens with two attached hydrogens (primary N) is 1. The molecule has 0 aromatic rings. The van der Waals surface area contributed by atoms with Crippen molar-refractivity contribution in [3.63, 3.8) is 0 Å². The molecule has 0 bridgehead atoms.